The van der Waals surface area contributed by atoms with Crippen LogP contribution in [-0.4, -0.2) is 34.3 Å². The molecular weight excluding hydrogens is 270 g/mol. The minimum absolute atomic E-state index is 0.118. The van der Waals surface area contributed by atoms with Crippen molar-refractivity contribution in [1.82, 2.24) is 4.98 Å². The topological polar surface area (TPSA) is 62.4 Å². The molecule has 20 heavy (non-hydrogen) atoms. The molecule has 0 aliphatic heterocycles. The molecule has 1 aromatic heterocycles. The van der Waals surface area contributed by atoms with Crippen LogP contribution in [0.25, 0.3) is 10.9 Å². The summed E-state index contributed by atoms with van der Waals surface area (Å²) >= 11 is 5.16. The van der Waals surface area contributed by atoms with Crippen LogP contribution in [-0.2, 0) is 0 Å². The van der Waals surface area contributed by atoms with Gasteiger partial charge < -0.3 is 15.7 Å². The van der Waals surface area contributed by atoms with Crippen LogP contribution in [0.1, 0.15) is 18.4 Å². The molecule has 1 fully saturated rings. The van der Waals surface area contributed by atoms with Gasteiger partial charge in [-0.05, 0) is 25.0 Å². The fourth-order valence-electron chi connectivity index (χ4n) is 2.49. The molecule has 0 radical (unpaired) electrons. The fourth-order valence-corrected chi connectivity index (χ4v) is 2.66. The van der Waals surface area contributed by atoms with Crippen molar-refractivity contribution in [2.75, 3.05) is 18.1 Å². The van der Waals surface area contributed by atoms with Crippen LogP contribution in [0.4, 0.5) is 5.82 Å². The van der Waals surface area contributed by atoms with E-state index in [1.807, 2.05) is 30.3 Å². The smallest absolute Gasteiger partial charge is 0.130 e. The lowest BCUT2D eigenvalue weighted by molar-refractivity contribution is 0.301. The van der Waals surface area contributed by atoms with E-state index in [9.17, 15) is 5.11 Å². The number of aliphatic hydroxyl groups excluding tert-OH is 1. The highest BCUT2D eigenvalue weighted by molar-refractivity contribution is 7.80. The molecule has 0 atom stereocenters. The molecule has 0 amide bonds. The Labute approximate surface area is 123 Å². The van der Waals surface area contributed by atoms with Crippen molar-refractivity contribution < 1.29 is 5.11 Å². The number of nitrogens with two attached hydrogens (primary N) is 1. The number of benzene rings is 1. The Bertz CT molecular complexity index is 655. The SMILES string of the molecule is NC(=S)c1cc(N(CCO)C2CC2)nc2ccccc12. The Hall–Kier alpha value is -1.72. The lowest BCUT2D eigenvalue weighted by Crippen LogP contribution is -2.30. The highest BCUT2D eigenvalue weighted by Crippen LogP contribution is 2.32. The van der Waals surface area contributed by atoms with Crippen LogP contribution in [0, 0.1) is 0 Å². The second-order valence-corrected chi connectivity index (χ2v) is 5.50. The van der Waals surface area contributed by atoms with Crippen LogP contribution < -0.4 is 10.6 Å². The standard InChI is InChI=1S/C15H17N3OS/c16-15(20)12-9-14(18(7-8-19)10-5-6-10)17-13-4-2-1-3-11(12)13/h1-4,9-10,19H,5-8H2,(H2,16,20). The highest BCUT2D eigenvalue weighted by Gasteiger charge is 2.30. The van der Waals surface area contributed by atoms with Gasteiger partial charge in [-0.3, -0.25) is 0 Å². The summed E-state index contributed by atoms with van der Waals surface area (Å²) in [5, 5.41) is 10.2. The quantitative estimate of drug-likeness (QED) is 0.822. The molecule has 1 saturated carbocycles. The molecule has 2 aromatic rings. The van der Waals surface area contributed by atoms with Crippen molar-refractivity contribution in [2.24, 2.45) is 5.73 Å². The molecule has 5 heteroatoms. The van der Waals surface area contributed by atoms with Gasteiger partial charge in [0.15, 0.2) is 0 Å². The van der Waals surface area contributed by atoms with E-state index >= 15 is 0 Å². The summed E-state index contributed by atoms with van der Waals surface area (Å²) in [5.41, 5.74) is 7.59. The van der Waals surface area contributed by atoms with Crippen LogP contribution in [0.5, 0.6) is 0 Å². The molecule has 3 N–H and O–H groups in total. The Morgan fingerprint density at radius 2 is 2.15 bits per heavy atom. The second-order valence-electron chi connectivity index (χ2n) is 5.06. The number of aliphatic hydroxyl groups is 1. The molecule has 1 heterocycles. The van der Waals surface area contributed by atoms with Crippen LogP contribution in [0.3, 0.4) is 0 Å². The normalized spacial score (nSPS) is 14.4. The van der Waals surface area contributed by atoms with E-state index in [-0.39, 0.29) is 6.61 Å². The summed E-state index contributed by atoms with van der Waals surface area (Å²) < 4.78 is 0. The van der Waals surface area contributed by atoms with Crippen LogP contribution in [0.2, 0.25) is 0 Å². The summed E-state index contributed by atoms with van der Waals surface area (Å²) in [5.74, 6) is 0.850. The maximum Gasteiger partial charge on any atom is 0.130 e. The van der Waals surface area contributed by atoms with Crippen molar-refractivity contribution in [2.45, 2.75) is 18.9 Å². The number of hydrogen-bond acceptors (Lipinski definition) is 4. The predicted molar refractivity (Wildman–Crippen MR) is 85.1 cm³/mol. The van der Waals surface area contributed by atoms with Crippen molar-refractivity contribution in [3.63, 3.8) is 0 Å². The van der Waals surface area contributed by atoms with Gasteiger partial charge >= 0.3 is 0 Å². The predicted octanol–water partition coefficient (Wildman–Crippen LogP) is 1.83. The van der Waals surface area contributed by atoms with Gasteiger partial charge in [0.25, 0.3) is 0 Å². The van der Waals surface area contributed by atoms with Crippen molar-refractivity contribution >= 4 is 33.9 Å². The van der Waals surface area contributed by atoms with Gasteiger partial charge in [-0.15, -0.1) is 0 Å². The third-order valence-electron chi connectivity index (χ3n) is 3.59. The zero-order chi connectivity index (χ0) is 14.1. The summed E-state index contributed by atoms with van der Waals surface area (Å²) in [6.45, 7) is 0.709. The van der Waals surface area contributed by atoms with E-state index in [0.717, 1.165) is 35.1 Å². The van der Waals surface area contributed by atoms with Crippen LogP contribution >= 0.6 is 12.2 Å². The summed E-state index contributed by atoms with van der Waals surface area (Å²) in [6, 6.07) is 10.3. The third kappa shape index (κ3) is 2.46. The number of pyridine rings is 1. The van der Waals surface area contributed by atoms with Gasteiger partial charge in [0.1, 0.15) is 10.8 Å². The average Bonchev–Trinajstić information content (AvgIpc) is 3.28. The first kappa shape index (κ1) is 13.3. The number of nitrogens with zero attached hydrogens (tertiary/aromatic N) is 2. The first-order chi connectivity index (χ1) is 9.70. The first-order valence-electron chi connectivity index (χ1n) is 6.78. The third-order valence-corrected chi connectivity index (χ3v) is 3.81. The van der Waals surface area contributed by atoms with E-state index < -0.39 is 0 Å². The molecule has 1 aliphatic carbocycles. The molecule has 4 nitrogen and oxygen atoms in total. The number of hydrogen-bond donors (Lipinski definition) is 2. The highest BCUT2D eigenvalue weighted by atomic mass is 32.1. The maximum atomic E-state index is 9.25. The number of para-hydroxylation sites is 1. The van der Waals surface area contributed by atoms with E-state index in [4.69, 9.17) is 22.9 Å². The molecule has 1 aliphatic rings. The van der Waals surface area contributed by atoms with Crippen molar-refractivity contribution in [3.8, 4) is 0 Å². The van der Waals surface area contributed by atoms with Gasteiger partial charge in [0.2, 0.25) is 0 Å². The van der Waals surface area contributed by atoms with Gasteiger partial charge in [-0.25, -0.2) is 4.98 Å². The summed E-state index contributed by atoms with van der Waals surface area (Å²) in [7, 11) is 0. The van der Waals surface area contributed by atoms with E-state index in [1.165, 1.54) is 0 Å². The number of fused-ring (bicyclic) bond motifs is 1. The van der Waals surface area contributed by atoms with Crippen LogP contribution in [0.15, 0.2) is 30.3 Å². The van der Waals surface area contributed by atoms with Gasteiger partial charge in [0.05, 0.1) is 12.1 Å². The van der Waals surface area contributed by atoms with Gasteiger partial charge in [-0.1, -0.05) is 30.4 Å². The summed E-state index contributed by atoms with van der Waals surface area (Å²) in [4.78, 5) is 7.22. The zero-order valence-electron chi connectivity index (χ0n) is 11.1. The van der Waals surface area contributed by atoms with Crippen molar-refractivity contribution in [1.29, 1.82) is 0 Å². The van der Waals surface area contributed by atoms with E-state index in [1.54, 1.807) is 0 Å². The number of aromatic nitrogens is 1. The Morgan fingerprint density at radius 3 is 2.80 bits per heavy atom. The van der Waals surface area contributed by atoms with Gasteiger partial charge in [0, 0.05) is 23.5 Å². The number of thiocarbonyl (C=S) groups is 1. The lowest BCUT2D eigenvalue weighted by atomic mass is 10.1. The molecule has 104 valence electrons. The number of anilines is 1. The van der Waals surface area contributed by atoms with E-state index in [0.29, 0.717) is 17.6 Å². The monoisotopic (exact) mass is 287 g/mol. The molecule has 0 saturated heterocycles. The Morgan fingerprint density at radius 1 is 1.40 bits per heavy atom. The van der Waals surface area contributed by atoms with Crippen molar-refractivity contribution in [3.05, 3.63) is 35.9 Å². The molecule has 0 bridgehead atoms. The molecule has 1 aromatic carbocycles. The minimum atomic E-state index is 0.118. The average molecular weight is 287 g/mol. The minimum Gasteiger partial charge on any atom is -0.395 e. The largest absolute Gasteiger partial charge is 0.395 e. The molecule has 0 unspecified atom stereocenters. The number of rotatable bonds is 5. The maximum absolute atomic E-state index is 9.25. The molecular formula is C15H17N3OS. The first-order valence-corrected chi connectivity index (χ1v) is 7.18. The Balaban J connectivity index is 2.13. The van der Waals surface area contributed by atoms with Gasteiger partial charge in [-0.2, -0.15) is 0 Å². The lowest BCUT2D eigenvalue weighted by Gasteiger charge is -2.23. The zero-order valence-corrected chi connectivity index (χ0v) is 11.9. The van der Waals surface area contributed by atoms with E-state index in [2.05, 4.69) is 4.90 Å². The molecule has 3 rings (SSSR count). The Kier molecular flexibility index (Phi) is 3.54. The molecule has 0 spiro atoms. The second kappa shape index (κ2) is 5.34. The fraction of sp³-hybridized carbons (Fsp3) is 0.333. The summed E-state index contributed by atoms with van der Waals surface area (Å²) in [6.07, 6.45) is 2.30.